The fourth-order valence-corrected chi connectivity index (χ4v) is 2.81. The van der Waals surface area contributed by atoms with E-state index in [0.717, 1.165) is 18.3 Å². The number of thioether (sulfide) groups is 1. The minimum atomic E-state index is -4.46. The first kappa shape index (κ1) is 17.0. The lowest BCUT2D eigenvalue weighted by atomic mass is 10.2. The van der Waals surface area contributed by atoms with E-state index < -0.39 is 11.7 Å². The van der Waals surface area contributed by atoms with Gasteiger partial charge in [-0.1, -0.05) is 35.9 Å². The summed E-state index contributed by atoms with van der Waals surface area (Å²) in [4.78, 5) is 4.03. The van der Waals surface area contributed by atoms with E-state index in [1.54, 1.807) is 16.7 Å². The third-order valence-electron chi connectivity index (χ3n) is 3.25. The monoisotopic (exact) mass is 360 g/mol. The van der Waals surface area contributed by atoms with Crippen LogP contribution in [0.25, 0.3) is 17.2 Å². The third kappa shape index (κ3) is 3.67. The van der Waals surface area contributed by atoms with Crippen LogP contribution in [0.5, 0.6) is 0 Å². The fourth-order valence-electron chi connectivity index (χ4n) is 2.17. The number of hydrogen-bond acceptors (Lipinski definition) is 4. The maximum absolute atomic E-state index is 13.0. The second-order valence-electron chi connectivity index (χ2n) is 4.90. The second kappa shape index (κ2) is 6.99. The molecule has 0 atom stereocenters. The zero-order chi connectivity index (χ0) is 17.9. The van der Waals surface area contributed by atoms with E-state index in [1.165, 1.54) is 11.8 Å². The van der Waals surface area contributed by atoms with Gasteiger partial charge in [-0.05, 0) is 24.3 Å². The van der Waals surface area contributed by atoms with Gasteiger partial charge in [-0.2, -0.15) is 13.2 Å². The lowest BCUT2D eigenvalue weighted by Gasteiger charge is -2.11. The third-order valence-corrected chi connectivity index (χ3v) is 4.08. The molecule has 0 aliphatic heterocycles. The van der Waals surface area contributed by atoms with E-state index >= 15 is 0 Å². The van der Waals surface area contributed by atoms with Gasteiger partial charge in [-0.25, -0.2) is 0 Å². The van der Waals surface area contributed by atoms with Gasteiger partial charge in [-0.15, -0.1) is 16.6 Å². The Labute approximate surface area is 146 Å². The van der Waals surface area contributed by atoms with E-state index in [2.05, 4.69) is 21.1 Å². The van der Waals surface area contributed by atoms with Gasteiger partial charge in [-0.3, -0.25) is 9.55 Å². The molecule has 0 N–H and O–H groups in total. The number of pyridine rings is 1. The molecular formula is C17H11F3N4S. The molecule has 1 aromatic carbocycles. The van der Waals surface area contributed by atoms with Crippen molar-refractivity contribution in [2.45, 2.75) is 11.3 Å². The van der Waals surface area contributed by atoms with E-state index in [0.29, 0.717) is 16.6 Å². The fraction of sp³-hybridized carbons (Fsp3) is 0.118. The molecule has 3 rings (SSSR count). The van der Waals surface area contributed by atoms with Crippen LogP contribution in [0.3, 0.4) is 0 Å². The van der Waals surface area contributed by atoms with Crippen molar-refractivity contribution in [3.8, 4) is 29.5 Å². The lowest BCUT2D eigenvalue weighted by molar-refractivity contribution is -0.137. The van der Waals surface area contributed by atoms with Gasteiger partial charge in [0.1, 0.15) is 5.69 Å². The Kier molecular flexibility index (Phi) is 4.76. The summed E-state index contributed by atoms with van der Waals surface area (Å²) < 4.78 is 40.6. The molecule has 0 saturated carbocycles. The molecule has 8 heteroatoms. The highest BCUT2D eigenvalue weighted by atomic mass is 32.2. The molecule has 0 unspecified atom stereocenters. The Hall–Kier alpha value is -2.79. The molecule has 0 radical (unpaired) electrons. The van der Waals surface area contributed by atoms with Crippen molar-refractivity contribution in [1.82, 2.24) is 19.7 Å². The number of para-hydroxylation sites is 1. The average Bonchev–Trinajstić information content (AvgIpc) is 3.04. The van der Waals surface area contributed by atoms with E-state index in [1.807, 2.05) is 18.2 Å². The summed E-state index contributed by atoms with van der Waals surface area (Å²) in [6.45, 7) is 0. The standard InChI is InChI=1S/C17H11F3N4S/c1-2-10-25-16-23-22-15(24(16)13-6-4-3-5-7-13)14-11-12(8-9-21-14)17(18,19)20/h1,3-9,11H,10H2. The summed E-state index contributed by atoms with van der Waals surface area (Å²) in [5, 5.41) is 8.57. The first-order valence-electron chi connectivity index (χ1n) is 7.11. The minimum absolute atomic E-state index is 0.0822. The normalized spacial score (nSPS) is 11.3. The topological polar surface area (TPSA) is 43.6 Å². The van der Waals surface area contributed by atoms with Crippen molar-refractivity contribution in [3.05, 3.63) is 54.2 Å². The van der Waals surface area contributed by atoms with Gasteiger partial charge in [0, 0.05) is 11.9 Å². The number of aromatic nitrogens is 4. The number of rotatable bonds is 4. The predicted octanol–water partition coefficient (Wildman–Crippen LogP) is 4.07. The molecule has 4 nitrogen and oxygen atoms in total. The Bertz CT molecular complexity index is 914. The summed E-state index contributed by atoms with van der Waals surface area (Å²) in [5.74, 6) is 3.07. The number of benzene rings is 1. The molecule has 0 aliphatic rings. The lowest BCUT2D eigenvalue weighted by Crippen LogP contribution is -2.06. The quantitative estimate of drug-likeness (QED) is 0.520. The van der Waals surface area contributed by atoms with Gasteiger partial charge >= 0.3 is 6.18 Å². The van der Waals surface area contributed by atoms with Gasteiger partial charge in [0.05, 0.1) is 11.3 Å². The van der Waals surface area contributed by atoms with Crippen LogP contribution in [-0.2, 0) is 6.18 Å². The van der Waals surface area contributed by atoms with E-state index in [4.69, 9.17) is 6.42 Å². The van der Waals surface area contributed by atoms with Crippen molar-refractivity contribution in [3.63, 3.8) is 0 Å². The second-order valence-corrected chi connectivity index (χ2v) is 5.84. The summed E-state index contributed by atoms with van der Waals surface area (Å²) in [5.41, 5.74) is -0.00194. The zero-order valence-electron chi connectivity index (χ0n) is 12.7. The van der Waals surface area contributed by atoms with Gasteiger partial charge in [0.25, 0.3) is 0 Å². The Morgan fingerprint density at radius 2 is 1.88 bits per heavy atom. The number of hydrogen-bond donors (Lipinski definition) is 0. The molecule has 0 spiro atoms. The molecule has 0 fully saturated rings. The van der Waals surface area contributed by atoms with Crippen LogP contribution < -0.4 is 0 Å². The largest absolute Gasteiger partial charge is 0.416 e. The van der Waals surface area contributed by atoms with Gasteiger partial charge in [0.15, 0.2) is 11.0 Å². The maximum Gasteiger partial charge on any atom is 0.416 e. The number of halogens is 3. The molecule has 0 bridgehead atoms. The molecule has 0 amide bonds. The molecule has 2 aromatic heterocycles. The van der Waals surface area contributed by atoms with Crippen LogP contribution in [-0.4, -0.2) is 25.5 Å². The maximum atomic E-state index is 13.0. The predicted molar refractivity (Wildman–Crippen MR) is 89.1 cm³/mol. The van der Waals surface area contributed by atoms with E-state index in [-0.39, 0.29) is 11.5 Å². The first-order valence-corrected chi connectivity index (χ1v) is 8.10. The Morgan fingerprint density at radius 3 is 2.56 bits per heavy atom. The van der Waals surface area contributed by atoms with Crippen LogP contribution >= 0.6 is 11.8 Å². The van der Waals surface area contributed by atoms with Crippen molar-refractivity contribution in [2.75, 3.05) is 5.75 Å². The average molecular weight is 360 g/mol. The number of terminal acetylenes is 1. The highest BCUT2D eigenvalue weighted by Crippen LogP contribution is 2.32. The van der Waals surface area contributed by atoms with Gasteiger partial charge < -0.3 is 0 Å². The molecule has 0 aliphatic carbocycles. The highest BCUT2D eigenvalue weighted by Gasteiger charge is 2.31. The molecule has 126 valence electrons. The van der Waals surface area contributed by atoms with Crippen LogP contribution in [0.15, 0.2) is 53.8 Å². The van der Waals surface area contributed by atoms with Crippen molar-refractivity contribution in [2.24, 2.45) is 0 Å². The first-order chi connectivity index (χ1) is 12.0. The Morgan fingerprint density at radius 1 is 1.12 bits per heavy atom. The van der Waals surface area contributed by atoms with Crippen molar-refractivity contribution in [1.29, 1.82) is 0 Å². The summed E-state index contributed by atoms with van der Waals surface area (Å²) in [6, 6.07) is 11.0. The van der Waals surface area contributed by atoms with Crippen LogP contribution in [0.2, 0.25) is 0 Å². The number of nitrogens with zero attached hydrogens (tertiary/aromatic N) is 4. The molecule has 2 heterocycles. The molecule has 0 saturated heterocycles. The smallest absolute Gasteiger partial charge is 0.269 e. The summed E-state index contributed by atoms with van der Waals surface area (Å²) >= 11 is 1.27. The molecule has 3 aromatic rings. The number of alkyl halides is 3. The summed E-state index contributed by atoms with van der Waals surface area (Å²) in [6.07, 6.45) is 1.93. The molecule has 25 heavy (non-hydrogen) atoms. The minimum Gasteiger partial charge on any atom is -0.269 e. The molecular weight excluding hydrogens is 349 g/mol. The van der Waals surface area contributed by atoms with Crippen molar-refractivity contribution >= 4 is 11.8 Å². The van der Waals surface area contributed by atoms with Crippen LogP contribution in [0, 0.1) is 12.3 Å². The SMILES string of the molecule is C#CCSc1nnc(-c2cc(C(F)(F)F)ccn2)n1-c1ccccc1. The van der Waals surface area contributed by atoms with E-state index in [9.17, 15) is 13.2 Å². The van der Waals surface area contributed by atoms with Crippen LogP contribution in [0.1, 0.15) is 5.56 Å². The van der Waals surface area contributed by atoms with Crippen molar-refractivity contribution < 1.29 is 13.2 Å². The Balaban J connectivity index is 2.14. The van der Waals surface area contributed by atoms with Gasteiger partial charge in [0.2, 0.25) is 0 Å². The van der Waals surface area contributed by atoms with Crippen LogP contribution in [0.4, 0.5) is 13.2 Å². The highest BCUT2D eigenvalue weighted by molar-refractivity contribution is 7.99. The zero-order valence-corrected chi connectivity index (χ0v) is 13.6. The summed E-state index contributed by atoms with van der Waals surface area (Å²) in [7, 11) is 0.